The molecule has 98 valence electrons. The summed E-state index contributed by atoms with van der Waals surface area (Å²) in [6, 6.07) is 10.1. The number of phenolic OH excluding ortho intramolecular Hbond substituents is 1. The van der Waals surface area contributed by atoms with E-state index in [4.69, 9.17) is 5.73 Å². The molecule has 0 atom stereocenters. The first-order valence-electron chi connectivity index (χ1n) is 5.67. The Morgan fingerprint density at radius 2 is 1.89 bits per heavy atom. The van der Waals surface area contributed by atoms with E-state index in [9.17, 15) is 14.3 Å². The molecule has 0 aliphatic heterocycles. The number of nitrogens with two attached hydrogens (primary N) is 1. The van der Waals surface area contributed by atoms with Gasteiger partial charge < -0.3 is 16.2 Å². The van der Waals surface area contributed by atoms with Gasteiger partial charge in [-0.05, 0) is 35.9 Å². The molecule has 0 aliphatic rings. The van der Waals surface area contributed by atoms with Crippen molar-refractivity contribution in [3.63, 3.8) is 0 Å². The summed E-state index contributed by atoms with van der Waals surface area (Å²) >= 11 is 0. The summed E-state index contributed by atoms with van der Waals surface area (Å²) in [6.45, 7) is 0.243. The zero-order valence-electron chi connectivity index (χ0n) is 10.1. The predicted octanol–water partition coefficient (Wildman–Crippen LogP) is 2.04. The molecule has 0 aromatic heterocycles. The lowest BCUT2D eigenvalue weighted by molar-refractivity contribution is 0.0948. The molecule has 0 heterocycles. The lowest BCUT2D eigenvalue weighted by Gasteiger charge is -2.07. The molecule has 4 nitrogen and oxygen atoms in total. The van der Waals surface area contributed by atoms with E-state index in [-0.39, 0.29) is 23.7 Å². The summed E-state index contributed by atoms with van der Waals surface area (Å²) in [5.41, 5.74) is 6.82. The normalized spacial score (nSPS) is 10.2. The van der Waals surface area contributed by atoms with Crippen molar-refractivity contribution in [1.29, 1.82) is 0 Å². The minimum absolute atomic E-state index is 0.113. The number of nitrogen functional groups attached to an aromatic ring is 1. The first-order valence-corrected chi connectivity index (χ1v) is 5.67. The highest BCUT2D eigenvalue weighted by atomic mass is 19.1. The third-order valence-corrected chi connectivity index (χ3v) is 2.63. The van der Waals surface area contributed by atoms with Gasteiger partial charge >= 0.3 is 0 Å². The Balaban J connectivity index is 2.05. The number of amides is 1. The molecule has 1 amide bonds. The van der Waals surface area contributed by atoms with Crippen molar-refractivity contribution in [2.75, 3.05) is 5.73 Å². The number of rotatable bonds is 3. The number of hydrogen-bond donors (Lipinski definition) is 3. The molecule has 0 spiro atoms. The zero-order chi connectivity index (χ0) is 13.8. The van der Waals surface area contributed by atoms with Crippen LogP contribution < -0.4 is 11.1 Å². The highest BCUT2D eigenvalue weighted by Crippen LogP contribution is 2.19. The van der Waals surface area contributed by atoms with Crippen molar-refractivity contribution in [3.8, 4) is 5.75 Å². The average molecular weight is 260 g/mol. The van der Waals surface area contributed by atoms with Gasteiger partial charge in [0, 0.05) is 12.2 Å². The number of carbonyl (C=O) groups excluding carboxylic acids is 1. The topological polar surface area (TPSA) is 75.3 Å². The van der Waals surface area contributed by atoms with E-state index < -0.39 is 5.91 Å². The van der Waals surface area contributed by atoms with Crippen molar-refractivity contribution < 1.29 is 14.3 Å². The first-order chi connectivity index (χ1) is 9.06. The molecule has 4 N–H and O–H groups in total. The molecule has 0 radical (unpaired) electrons. The molecule has 5 heteroatoms. The second kappa shape index (κ2) is 5.39. The molecule has 2 rings (SSSR count). The number of anilines is 1. The van der Waals surface area contributed by atoms with E-state index >= 15 is 0 Å². The van der Waals surface area contributed by atoms with Gasteiger partial charge in [-0.1, -0.05) is 12.1 Å². The Morgan fingerprint density at radius 1 is 1.21 bits per heavy atom. The Morgan fingerprint density at radius 3 is 2.58 bits per heavy atom. The smallest absolute Gasteiger partial charge is 0.255 e. The van der Waals surface area contributed by atoms with Gasteiger partial charge in [0.05, 0.1) is 5.56 Å². The molecular weight excluding hydrogens is 247 g/mol. The number of nitrogens with one attached hydrogen (secondary N) is 1. The fraction of sp³-hybridized carbons (Fsp3) is 0.0714. The molecule has 2 aromatic rings. The Bertz CT molecular complexity index is 597. The van der Waals surface area contributed by atoms with Crippen LogP contribution in [0.5, 0.6) is 5.75 Å². The molecule has 0 bridgehead atoms. The van der Waals surface area contributed by atoms with E-state index in [1.165, 1.54) is 30.3 Å². The average Bonchev–Trinajstić information content (AvgIpc) is 2.40. The van der Waals surface area contributed by atoms with Crippen molar-refractivity contribution in [3.05, 3.63) is 59.4 Å². The quantitative estimate of drug-likeness (QED) is 0.584. The van der Waals surface area contributed by atoms with E-state index in [1.54, 1.807) is 12.1 Å². The van der Waals surface area contributed by atoms with Gasteiger partial charge in [0.15, 0.2) is 0 Å². The monoisotopic (exact) mass is 260 g/mol. The molecule has 0 saturated carbocycles. The maximum absolute atomic E-state index is 12.7. The second-order valence-corrected chi connectivity index (χ2v) is 4.09. The third kappa shape index (κ3) is 3.22. The van der Waals surface area contributed by atoms with Gasteiger partial charge in [-0.25, -0.2) is 4.39 Å². The molecule has 0 unspecified atom stereocenters. The van der Waals surface area contributed by atoms with Gasteiger partial charge in [-0.15, -0.1) is 0 Å². The minimum Gasteiger partial charge on any atom is -0.507 e. The van der Waals surface area contributed by atoms with Crippen LogP contribution in [0.4, 0.5) is 10.1 Å². The van der Waals surface area contributed by atoms with Gasteiger partial charge in [-0.2, -0.15) is 0 Å². The lowest BCUT2D eigenvalue weighted by atomic mass is 10.1. The van der Waals surface area contributed by atoms with Gasteiger partial charge in [0.2, 0.25) is 0 Å². The molecular formula is C14H13FN2O2. The number of aromatic hydroxyl groups is 1. The Hall–Kier alpha value is -2.56. The number of phenols is 1. The highest BCUT2D eigenvalue weighted by Gasteiger charge is 2.10. The van der Waals surface area contributed by atoms with Gasteiger partial charge in [0.1, 0.15) is 11.6 Å². The number of hydrogen-bond acceptors (Lipinski definition) is 3. The molecule has 2 aromatic carbocycles. The standard InChI is InChI=1S/C14H13FN2O2/c15-10-3-1-9(2-4-10)8-17-14(19)12-7-11(16)5-6-13(12)18/h1-7,18H,8,16H2,(H,17,19). The van der Waals surface area contributed by atoms with Crippen molar-refractivity contribution >= 4 is 11.6 Å². The number of benzene rings is 2. The summed E-state index contributed by atoms with van der Waals surface area (Å²) in [5, 5.41) is 12.2. The summed E-state index contributed by atoms with van der Waals surface area (Å²) in [4.78, 5) is 11.9. The molecule has 19 heavy (non-hydrogen) atoms. The van der Waals surface area contributed by atoms with Crippen LogP contribution in [0.25, 0.3) is 0 Å². The van der Waals surface area contributed by atoms with Gasteiger partial charge in [-0.3, -0.25) is 4.79 Å². The maximum atomic E-state index is 12.7. The van der Waals surface area contributed by atoms with Crippen LogP contribution in [0.15, 0.2) is 42.5 Å². The summed E-state index contributed by atoms with van der Waals surface area (Å²) in [6.07, 6.45) is 0. The maximum Gasteiger partial charge on any atom is 0.255 e. The van der Waals surface area contributed by atoms with Crippen LogP contribution in [0.1, 0.15) is 15.9 Å². The number of carbonyl (C=O) groups is 1. The third-order valence-electron chi connectivity index (χ3n) is 2.63. The molecule has 0 fully saturated rings. The fourth-order valence-corrected chi connectivity index (χ4v) is 1.62. The molecule has 0 saturated heterocycles. The van der Waals surface area contributed by atoms with Crippen LogP contribution in [-0.2, 0) is 6.54 Å². The van der Waals surface area contributed by atoms with Crippen molar-refractivity contribution in [1.82, 2.24) is 5.32 Å². The van der Waals surface area contributed by atoms with Crippen LogP contribution >= 0.6 is 0 Å². The highest BCUT2D eigenvalue weighted by molar-refractivity contribution is 5.97. The van der Waals surface area contributed by atoms with E-state index in [0.717, 1.165) is 5.56 Å². The van der Waals surface area contributed by atoms with Gasteiger partial charge in [0.25, 0.3) is 5.91 Å². The van der Waals surface area contributed by atoms with E-state index in [2.05, 4.69) is 5.32 Å². The Kier molecular flexibility index (Phi) is 3.66. The summed E-state index contributed by atoms with van der Waals surface area (Å²) in [5.74, 6) is -0.900. The van der Waals surface area contributed by atoms with E-state index in [0.29, 0.717) is 5.69 Å². The summed E-state index contributed by atoms with van der Waals surface area (Å²) < 4.78 is 12.7. The van der Waals surface area contributed by atoms with Crippen LogP contribution in [-0.4, -0.2) is 11.0 Å². The van der Waals surface area contributed by atoms with E-state index in [1.807, 2.05) is 0 Å². The fourth-order valence-electron chi connectivity index (χ4n) is 1.62. The lowest BCUT2D eigenvalue weighted by Crippen LogP contribution is -2.23. The first kappa shape index (κ1) is 12.9. The number of halogens is 1. The van der Waals surface area contributed by atoms with Crippen molar-refractivity contribution in [2.24, 2.45) is 0 Å². The predicted molar refractivity (Wildman–Crippen MR) is 70.1 cm³/mol. The SMILES string of the molecule is Nc1ccc(O)c(C(=O)NCc2ccc(F)cc2)c1. The second-order valence-electron chi connectivity index (χ2n) is 4.09. The zero-order valence-corrected chi connectivity index (χ0v) is 10.1. The summed E-state index contributed by atoms with van der Waals surface area (Å²) in [7, 11) is 0. The van der Waals surface area contributed by atoms with Crippen LogP contribution in [0.3, 0.4) is 0 Å². The largest absolute Gasteiger partial charge is 0.507 e. The van der Waals surface area contributed by atoms with Crippen LogP contribution in [0.2, 0.25) is 0 Å². The molecule has 0 aliphatic carbocycles. The van der Waals surface area contributed by atoms with Crippen LogP contribution in [0, 0.1) is 5.82 Å². The minimum atomic E-state index is -0.436. The van der Waals surface area contributed by atoms with Crippen molar-refractivity contribution in [2.45, 2.75) is 6.54 Å². The Labute approximate surface area is 109 Å².